The Morgan fingerprint density at radius 2 is 2.13 bits per heavy atom. The molecule has 0 atom stereocenters. The Balaban J connectivity index is 2.34. The lowest BCUT2D eigenvalue weighted by Crippen LogP contribution is -2.03. The summed E-state index contributed by atoms with van der Waals surface area (Å²) < 4.78 is 0. The number of hydrogen-bond donors (Lipinski definition) is 1. The molecule has 0 aliphatic rings. The SMILES string of the molecule is CNCc1sc(-c2ccncc2)nc1Cl. The van der Waals surface area contributed by atoms with Crippen molar-refractivity contribution in [2.75, 3.05) is 7.05 Å². The molecule has 2 heterocycles. The molecule has 1 N–H and O–H groups in total. The van der Waals surface area contributed by atoms with Crippen molar-refractivity contribution in [2.24, 2.45) is 0 Å². The number of halogens is 1. The van der Waals surface area contributed by atoms with E-state index in [9.17, 15) is 0 Å². The number of rotatable bonds is 3. The van der Waals surface area contributed by atoms with Crippen molar-refractivity contribution in [3.05, 3.63) is 34.6 Å². The van der Waals surface area contributed by atoms with Gasteiger partial charge in [0.2, 0.25) is 0 Å². The molecule has 0 radical (unpaired) electrons. The van der Waals surface area contributed by atoms with Crippen LogP contribution in [-0.2, 0) is 6.54 Å². The van der Waals surface area contributed by atoms with Crippen LogP contribution in [0.2, 0.25) is 5.15 Å². The van der Waals surface area contributed by atoms with E-state index in [1.54, 1.807) is 23.7 Å². The summed E-state index contributed by atoms with van der Waals surface area (Å²) in [6.07, 6.45) is 3.50. The van der Waals surface area contributed by atoms with Gasteiger partial charge < -0.3 is 5.32 Å². The van der Waals surface area contributed by atoms with Gasteiger partial charge in [0, 0.05) is 24.5 Å². The quantitative estimate of drug-likeness (QED) is 0.895. The maximum Gasteiger partial charge on any atom is 0.145 e. The fourth-order valence-corrected chi connectivity index (χ4v) is 2.51. The van der Waals surface area contributed by atoms with Crippen LogP contribution in [0.4, 0.5) is 0 Å². The predicted molar refractivity (Wildman–Crippen MR) is 63.1 cm³/mol. The van der Waals surface area contributed by atoms with E-state index in [0.29, 0.717) is 5.15 Å². The van der Waals surface area contributed by atoms with E-state index >= 15 is 0 Å². The summed E-state index contributed by atoms with van der Waals surface area (Å²) in [6, 6.07) is 3.86. The molecule has 15 heavy (non-hydrogen) atoms. The topological polar surface area (TPSA) is 37.8 Å². The van der Waals surface area contributed by atoms with Crippen molar-refractivity contribution in [3.63, 3.8) is 0 Å². The minimum atomic E-state index is 0.584. The van der Waals surface area contributed by atoms with Crippen molar-refractivity contribution < 1.29 is 0 Å². The van der Waals surface area contributed by atoms with Gasteiger partial charge in [0.15, 0.2) is 0 Å². The number of thiazole rings is 1. The number of nitrogens with one attached hydrogen (secondary N) is 1. The molecule has 2 rings (SSSR count). The molecule has 3 nitrogen and oxygen atoms in total. The summed E-state index contributed by atoms with van der Waals surface area (Å²) in [5, 5.41) is 4.59. The van der Waals surface area contributed by atoms with Crippen LogP contribution < -0.4 is 5.32 Å². The summed E-state index contributed by atoms with van der Waals surface area (Å²) in [4.78, 5) is 9.34. The van der Waals surface area contributed by atoms with Crippen molar-refractivity contribution in [1.29, 1.82) is 0 Å². The summed E-state index contributed by atoms with van der Waals surface area (Å²) in [5.74, 6) is 0. The van der Waals surface area contributed by atoms with Gasteiger partial charge in [-0.2, -0.15) is 0 Å². The van der Waals surface area contributed by atoms with Crippen LogP contribution in [0.3, 0.4) is 0 Å². The summed E-state index contributed by atoms with van der Waals surface area (Å²) in [7, 11) is 1.89. The van der Waals surface area contributed by atoms with E-state index in [-0.39, 0.29) is 0 Å². The van der Waals surface area contributed by atoms with Crippen LogP contribution in [0.1, 0.15) is 4.88 Å². The lowest BCUT2D eigenvalue weighted by molar-refractivity contribution is 0.829. The van der Waals surface area contributed by atoms with Crippen molar-refractivity contribution in [1.82, 2.24) is 15.3 Å². The van der Waals surface area contributed by atoms with Gasteiger partial charge in [-0.05, 0) is 19.2 Å². The van der Waals surface area contributed by atoms with Gasteiger partial charge in [-0.25, -0.2) is 4.98 Å². The first-order valence-corrected chi connectivity index (χ1v) is 5.71. The summed E-state index contributed by atoms with van der Waals surface area (Å²) in [6.45, 7) is 0.752. The van der Waals surface area contributed by atoms with E-state index < -0.39 is 0 Å². The van der Waals surface area contributed by atoms with E-state index in [4.69, 9.17) is 11.6 Å². The first kappa shape index (κ1) is 10.5. The Bertz CT molecular complexity index is 441. The van der Waals surface area contributed by atoms with Crippen LogP contribution in [0.25, 0.3) is 10.6 Å². The van der Waals surface area contributed by atoms with Gasteiger partial charge >= 0.3 is 0 Å². The maximum atomic E-state index is 6.02. The third-order valence-electron chi connectivity index (χ3n) is 1.91. The number of hydrogen-bond acceptors (Lipinski definition) is 4. The average molecular weight is 240 g/mol. The summed E-state index contributed by atoms with van der Waals surface area (Å²) >= 11 is 7.62. The second kappa shape index (κ2) is 4.70. The van der Waals surface area contributed by atoms with Crippen molar-refractivity contribution in [3.8, 4) is 10.6 Å². The molecule has 0 bridgehead atoms. The number of pyridine rings is 1. The highest BCUT2D eigenvalue weighted by Crippen LogP contribution is 2.30. The maximum absolute atomic E-state index is 6.02. The van der Waals surface area contributed by atoms with E-state index in [2.05, 4.69) is 15.3 Å². The molecule has 0 aliphatic heterocycles. The third-order valence-corrected chi connectivity index (χ3v) is 3.44. The number of aromatic nitrogens is 2. The Morgan fingerprint density at radius 1 is 1.40 bits per heavy atom. The van der Waals surface area contributed by atoms with Gasteiger partial charge in [0.05, 0.1) is 4.88 Å². The predicted octanol–water partition coefficient (Wildman–Crippen LogP) is 2.58. The van der Waals surface area contributed by atoms with Gasteiger partial charge in [-0.1, -0.05) is 11.6 Å². The van der Waals surface area contributed by atoms with Crippen LogP contribution in [0, 0.1) is 0 Å². The molecular weight excluding hydrogens is 230 g/mol. The van der Waals surface area contributed by atoms with E-state index in [1.165, 1.54) is 0 Å². The minimum Gasteiger partial charge on any atom is -0.315 e. The second-order valence-electron chi connectivity index (χ2n) is 3.00. The second-order valence-corrected chi connectivity index (χ2v) is 4.44. The lowest BCUT2D eigenvalue weighted by atomic mass is 10.3. The zero-order valence-electron chi connectivity index (χ0n) is 8.20. The Morgan fingerprint density at radius 3 is 2.80 bits per heavy atom. The molecule has 78 valence electrons. The Kier molecular flexibility index (Phi) is 3.30. The van der Waals surface area contributed by atoms with Crippen LogP contribution in [0.15, 0.2) is 24.5 Å². The first-order valence-electron chi connectivity index (χ1n) is 4.51. The molecular formula is C10H10ClN3S. The van der Waals surface area contributed by atoms with Crippen molar-refractivity contribution >= 4 is 22.9 Å². The van der Waals surface area contributed by atoms with Crippen LogP contribution >= 0.6 is 22.9 Å². The summed E-state index contributed by atoms with van der Waals surface area (Å²) in [5.41, 5.74) is 1.05. The zero-order chi connectivity index (χ0) is 10.7. The largest absolute Gasteiger partial charge is 0.315 e. The molecule has 0 unspecified atom stereocenters. The lowest BCUT2D eigenvalue weighted by Gasteiger charge is -1.93. The van der Waals surface area contributed by atoms with Gasteiger partial charge in [0.1, 0.15) is 10.2 Å². The van der Waals surface area contributed by atoms with Crippen LogP contribution in [0.5, 0.6) is 0 Å². The molecule has 0 saturated carbocycles. The highest BCUT2D eigenvalue weighted by molar-refractivity contribution is 7.15. The van der Waals surface area contributed by atoms with Gasteiger partial charge in [-0.3, -0.25) is 4.98 Å². The molecule has 0 spiro atoms. The smallest absolute Gasteiger partial charge is 0.145 e. The fraction of sp³-hybridized carbons (Fsp3) is 0.200. The molecule has 0 fully saturated rings. The highest BCUT2D eigenvalue weighted by Gasteiger charge is 2.09. The molecule has 0 aromatic carbocycles. The molecule has 0 aliphatic carbocycles. The Hall–Kier alpha value is -0.970. The first-order chi connectivity index (χ1) is 7.31. The minimum absolute atomic E-state index is 0.584. The fourth-order valence-electron chi connectivity index (χ4n) is 1.22. The highest BCUT2D eigenvalue weighted by atomic mass is 35.5. The molecule has 2 aromatic heterocycles. The average Bonchev–Trinajstić information content (AvgIpc) is 2.63. The van der Waals surface area contributed by atoms with Gasteiger partial charge in [-0.15, -0.1) is 11.3 Å². The van der Waals surface area contributed by atoms with Crippen LogP contribution in [-0.4, -0.2) is 17.0 Å². The third kappa shape index (κ3) is 2.34. The monoisotopic (exact) mass is 239 g/mol. The molecule has 5 heteroatoms. The molecule has 2 aromatic rings. The zero-order valence-corrected chi connectivity index (χ0v) is 9.77. The number of nitrogens with zero attached hydrogens (tertiary/aromatic N) is 2. The standard InChI is InChI=1S/C10H10ClN3S/c1-12-6-8-9(11)14-10(15-8)7-2-4-13-5-3-7/h2-5,12H,6H2,1H3. The normalized spacial score (nSPS) is 10.5. The van der Waals surface area contributed by atoms with Crippen molar-refractivity contribution in [2.45, 2.75) is 6.54 Å². The molecule has 0 amide bonds. The van der Waals surface area contributed by atoms with E-state index in [1.807, 2.05) is 19.2 Å². The van der Waals surface area contributed by atoms with E-state index in [0.717, 1.165) is 22.0 Å². The Labute approximate surface area is 97.2 Å². The van der Waals surface area contributed by atoms with Gasteiger partial charge in [0.25, 0.3) is 0 Å². The molecule has 0 saturated heterocycles.